The van der Waals surface area contributed by atoms with Crippen LogP contribution in [0.5, 0.6) is 0 Å². The third-order valence-corrected chi connectivity index (χ3v) is 5.05. The van der Waals surface area contributed by atoms with Crippen LogP contribution in [0.1, 0.15) is 31.2 Å². The highest BCUT2D eigenvalue weighted by atomic mass is 16.4. The van der Waals surface area contributed by atoms with Gasteiger partial charge in [-0.05, 0) is 37.1 Å². The molecule has 0 spiro atoms. The van der Waals surface area contributed by atoms with Gasteiger partial charge in [-0.15, -0.1) is 0 Å². The number of nitrogen functional groups attached to an aromatic ring is 1. The molecular formula is C18H25N5O3. The highest BCUT2D eigenvalue weighted by Crippen LogP contribution is 2.28. The number of aliphatic carboxylic acids is 1. The molecule has 2 aliphatic rings. The van der Waals surface area contributed by atoms with Crippen LogP contribution in [0.25, 0.3) is 0 Å². The van der Waals surface area contributed by atoms with E-state index in [4.69, 9.17) is 16.2 Å². The summed E-state index contributed by atoms with van der Waals surface area (Å²) in [5.74, 6) is -0.918. The second-order valence-corrected chi connectivity index (χ2v) is 6.77. The van der Waals surface area contributed by atoms with Crippen LogP contribution < -0.4 is 10.6 Å². The SMILES string of the molecule is N=C(N)c1ccc(N2CC(N3CCCCC3)N(CCC(=O)O)C2=O)cc1. The zero-order valence-electron chi connectivity index (χ0n) is 14.7. The van der Waals surface area contributed by atoms with Gasteiger partial charge >= 0.3 is 12.0 Å². The van der Waals surface area contributed by atoms with Crippen molar-refractivity contribution >= 4 is 23.5 Å². The average molecular weight is 359 g/mol. The molecule has 2 aliphatic heterocycles. The maximum absolute atomic E-state index is 13.0. The fourth-order valence-corrected chi connectivity index (χ4v) is 3.65. The number of benzene rings is 1. The molecule has 0 saturated carbocycles. The number of amidine groups is 1. The highest BCUT2D eigenvalue weighted by molar-refractivity contribution is 5.97. The molecule has 26 heavy (non-hydrogen) atoms. The number of carbonyl (C=O) groups excluding carboxylic acids is 1. The van der Waals surface area contributed by atoms with Crippen molar-refractivity contribution in [3.8, 4) is 0 Å². The first-order valence-electron chi connectivity index (χ1n) is 8.96. The van der Waals surface area contributed by atoms with Gasteiger partial charge in [-0.25, -0.2) is 4.79 Å². The van der Waals surface area contributed by atoms with Gasteiger partial charge in [-0.1, -0.05) is 6.42 Å². The number of amides is 2. The summed E-state index contributed by atoms with van der Waals surface area (Å²) in [5, 5.41) is 16.5. The Labute approximate surface area is 152 Å². The van der Waals surface area contributed by atoms with Crippen molar-refractivity contribution in [2.24, 2.45) is 5.73 Å². The molecule has 140 valence electrons. The number of urea groups is 1. The minimum absolute atomic E-state index is 0.0152. The van der Waals surface area contributed by atoms with E-state index in [1.165, 1.54) is 6.42 Å². The summed E-state index contributed by atoms with van der Waals surface area (Å²) in [6.07, 6.45) is 3.24. The lowest BCUT2D eigenvalue weighted by Crippen LogP contribution is -2.49. The van der Waals surface area contributed by atoms with Gasteiger partial charge in [0.1, 0.15) is 12.0 Å². The third kappa shape index (κ3) is 3.80. The summed E-state index contributed by atoms with van der Waals surface area (Å²) in [7, 11) is 0. The lowest BCUT2D eigenvalue weighted by atomic mass is 10.1. The summed E-state index contributed by atoms with van der Waals surface area (Å²) in [6.45, 7) is 2.58. The molecule has 0 aliphatic carbocycles. The molecule has 2 amide bonds. The van der Waals surface area contributed by atoms with E-state index < -0.39 is 5.97 Å². The largest absolute Gasteiger partial charge is 0.481 e. The summed E-state index contributed by atoms with van der Waals surface area (Å²) in [6, 6.07) is 6.84. The minimum Gasteiger partial charge on any atom is -0.481 e. The predicted molar refractivity (Wildman–Crippen MR) is 98.4 cm³/mol. The van der Waals surface area contributed by atoms with Crippen LogP contribution in [0, 0.1) is 5.41 Å². The van der Waals surface area contributed by atoms with Crippen molar-refractivity contribution in [2.75, 3.05) is 31.1 Å². The molecule has 2 saturated heterocycles. The van der Waals surface area contributed by atoms with Crippen molar-refractivity contribution in [3.63, 3.8) is 0 Å². The third-order valence-electron chi connectivity index (χ3n) is 5.05. The van der Waals surface area contributed by atoms with E-state index in [-0.39, 0.29) is 31.0 Å². The maximum Gasteiger partial charge on any atom is 0.325 e. The lowest BCUT2D eigenvalue weighted by molar-refractivity contribution is -0.137. The minimum atomic E-state index is -0.903. The lowest BCUT2D eigenvalue weighted by Gasteiger charge is -2.36. The molecule has 0 radical (unpaired) electrons. The van der Waals surface area contributed by atoms with E-state index >= 15 is 0 Å². The number of nitrogens with two attached hydrogens (primary N) is 1. The van der Waals surface area contributed by atoms with Crippen LogP contribution >= 0.6 is 0 Å². The van der Waals surface area contributed by atoms with E-state index in [1.807, 2.05) is 0 Å². The fourth-order valence-electron chi connectivity index (χ4n) is 3.65. The van der Waals surface area contributed by atoms with E-state index in [0.29, 0.717) is 12.1 Å². The molecule has 1 atom stereocenters. The van der Waals surface area contributed by atoms with Crippen LogP contribution in [0.2, 0.25) is 0 Å². The smallest absolute Gasteiger partial charge is 0.325 e. The number of hydrogen-bond acceptors (Lipinski definition) is 4. The number of nitrogens with zero attached hydrogens (tertiary/aromatic N) is 3. The van der Waals surface area contributed by atoms with E-state index in [2.05, 4.69) is 4.90 Å². The molecular weight excluding hydrogens is 334 g/mol. The average Bonchev–Trinajstić information content (AvgIpc) is 2.97. The van der Waals surface area contributed by atoms with Crippen LogP contribution in [-0.4, -0.2) is 65.1 Å². The number of hydrogen-bond donors (Lipinski definition) is 3. The van der Waals surface area contributed by atoms with Gasteiger partial charge in [0.25, 0.3) is 0 Å². The standard InChI is InChI=1S/C18H25N5O3/c19-17(20)13-4-6-14(7-5-13)23-12-15(21-9-2-1-3-10-21)22(18(23)26)11-8-16(24)25/h4-7,15H,1-3,8-12H2,(H3,19,20)(H,24,25). The summed E-state index contributed by atoms with van der Waals surface area (Å²) in [5.41, 5.74) is 6.83. The van der Waals surface area contributed by atoms with Crippen molar-refractivity contribution in [3.05, 3.63) is 29.8 Å². The van der Waals surface area contributed by atoms with Crippen molar-refractivity contribution in [2.45, 2.75) is 31.8 Å². The van der Waals surface area contributed by atoms with Gasteiger partial charge in [-0.2, -0.15) is 0 Å². The highest BCUT2D eigenvalue weighted by Gasteiger charge is 2.41. The molecule has 2 fully saturated rings. The van der Waals surface area contributed by atoms with E-state index in [1.54, 1.807) is 34.1 Å². The number of carbonyl (C=O) groups is 2. The second kappa shape index (κ2) is 7.74. The Morgan fingerprint density at radius 1 is 1.19 bits per heavy atom. The molecule has 1 aromatic carbocycles. The Hall–Kier alpha value is -2.61. The molecule has 8 heteroatoms. The summed E-state index contributed by atoms with van der Waals surface area (Å²) in [4.78, 5) is 29.6. The van der Waals surface area contributed by atoms with Gasteiger partial charge in [0.15, 0.2) is 0 Å². The molecule has 4 N–H and O–H groups in total. The Morgan fingerprint density at radius 2 is 1.85 bits per heavy atom. The van der Waals surface area contributed by atoms with Crippen LogP contribution in [0.4, 0.5) is 10.5 Å². The molecule has 8 nitrogen and oxygen atoms in total. The van der Waals surface area contributed by atoms with Crippen molar-refractivity contribution in [1.82, 2.24) is 9.80 Å². The number of carboxylic acids is 1. The molecule has 2 heterocycles. The van der Waals surface area contributed by atoms with E-state index in [0.717, 1.165) is 31.6 Å². The molecule has 1 unspecified atom stereocenters. The zero-order chi connectivity index (χ0) is 18.7. The Balaban J connectivity index is 1.81. The Bertz CT molecular complexity index is 685. The van der Waals surface area contributed by atoms with Gasteiger partial charge < -0.3 is 15.7 Å². The topological polar surface area (TPSA) is 114 Å². The number of rotatable bonds is 6. The summed E-state index contributed by atoms with van der Waals surface area (Å²) < 4.78 is 0. The van der Waals surface area contributed by atoms with E-state index in [9.17, 15) is 9.59 Å². The first kappa shape index (κ1) is 18.2. The Morgan fingerprint density at radius 3 is 2.42 bits per heavy atom. The number of nitrogens with one attached hydrogen (secondary N) is 1. The van der Waals surface area contributed by atoms with Gasteiger partial charge in [0.2, 0.25) is 0 Å². The second-order valence-electron chi connectivity index (χ2n) is 6.77. The van der Waals surface area contributed by atoms with Crippen molar-refractivity contribution < 1.29 is 14.7 Å². The first-order valence-corrected chi connectivity index (χ1v) is 8.96. The number of carboxylic acid groups (broad SMARTS) is 1. The molecule has 0 aromatic heterocycles. The number of likely N-dealkylation sites (tertiary alicyclic amines) is 1. The predicted octanol–water partition coefficient (Wildman–Crippen LogP) is 1.50. The van der Waals surface area contributed by atoms with Crippen molar-refractivity contribution in [1.29, 1.82) is 5.41 Å². The number of anilines is 1. The normalized spacial score (nSPS) is 21.2. The fraction of sp³-hybridized carbons (Fsp3) is 0.500. The number of piperidine rings is 1. The summed E-state index contributed by atoms with van der Waals surface area (Å²) >= 11 is 0. The zero-order valence-corrected chi connectivity index (χ0v) is 14.7. The molecule has 0 bridgehead atoms. The van der Waals surface area contributed by atoms with Gasteiger partial charge in [0.05, 0.1) is 13.0 Å². The Kier molecular flexibility index (Phi) is 5.41. The molecule has 3 rings (SSSR count). The van der Waals surface area contributed by atoms with Gasteiger partial charge in [-0.3, -0.25) is 20.0 Å². The maximum atomic E-state index is 13.0. The van der Waals surface area contributed by atoms with Crippen LogP contribution in [-0.2, 0) is 4.79 Å². The van der Waals surface area contributed by atoms with Crippen LogP contribution in [0.15, 0.2) is 24.3 Å². The van der Waals surface area contributed by atoms with Gasteiger partial charge in [0, 0.05) is 30.9 Å². The quantitative estimate of drug-likeness (QED) is 0.526. The first-order chi connectivity index (χ1) is 12.5. The van der Waals surface area contributed by atoms with Crippen LogP contribution in [0.3, 0.4) is 0 Å². The monoisotopic (exact) mass is 359 g/mol. The molecule has 1 aromatic rings.